The van der Waals surface area contributed by atoms with Gasteiger partial charge in [-0.25, -0.2) is 15.0 Å². The summed E-state index contributed by atoms with van der Waals surface area (Å²) >= 11 is 0. The molecule has 0 saturated heterocycles. The van der Waals surface area contributed by atoms with Crippen LogP contribution < -0.4 is 20.7 Å². The zero-order chi connectivity index (χ0) is 17.9. The molecule has 8 heteroatoms. The van der Waals surface area contributed by atoms with E-state index in [2.05, 4.69) is 37.2 Å². The molecule has 3 N–H and O–H groups in total. The van der Waals surface area contributed by atoms with Crippen molar-refractivity contribution in [2.45, 2.75) is 31.7 Å². The zero-order valence-electron chi connectivity index (χ0n) is 14.8. The van der Waals surface area contributed by atoms with Crippen molar-refractivity contribution in [1.82, 2.24) is 15.0 Å². The largest absolute Gasteiger partial charge is 0.486 e. The summed E-state index contributed by atoms with van der Waals surface area (Å²) in [7, 11) is 2.10. The number of fused-ring (bicyclic) bond motifs is 1. The molecule has 1 fully saturated rings. The van der Waals surface area contributed by atoms with Gasteiger partial charge in [0.1, 0.15) is 6.61 Å². The average Bonchev–Trinajstić information content (AvgIpc) is 3.19. The Morgan fingerprint density at radius 2 is 2.12 bits per heavy atom. The molecule has 0 aromatic carbocycles. The number of nitrogens with zero attached hydrogens (tertiary/aromatic N) is 5. The molecule has 2 aromatic heterocycles. The molecule has 26 heavy (non-hydrogen) atoms. The number of aromatic nitrogens is 3. The molecule has 4 rings (SSSR count). The molecule has 1 saturated carbocycles. The van der Waals surface area contributed by atoms with Gasteiger partial charge in [-0.15, -0.1) is 0 Å². The lowest BCUT2D eigenvalue weighted by molar-refractivity contribution is 0.222. The first-order valence-corrected chi connectivity index (χ1v) is 8.94. The van der Waals surface area contributed by atoms with Crippen molar-refractivity contribution >= 4 is 29.6 Å². The van der Waals surface area contributed by atoms with Gasteiger partial charge in [0, 0.05) is 7.05 Å². The number of anilines is 3. The molecule has 3 heterocycles. The first kappa shape index (κ1) is 16.6. The summed E-state index contributed by atoms with van der Waals surface area (Å²) < 4.78 is 5.93. The fourth-order valence-corrected chi connectivity index (χ4v) is 3.76. The summed E-state index contributed by atoms with van der Waals surface area (Å²) in [5, 5.41) is 3.18. The van der Waals surface area contributed by atoms with Crippen molar-refractivity contribution in [2.24, 2.45) is 16.6 Å². The Bertz CT molecular complexity index is 787. The third-order valence-electron chi connectivity index (χ3n) is 5.13. The van der Waals surface area contributed by atoms with Gasteiger partial charge in [-0.3, -0.25) is 0 Å². The maximum Gasteiger partial charge on any atom is 0.229 e. The third-order valence-corrected chi connectivity index (χ3v) is 5.13. The molecule has 136 valence electrons. The van der Waals surface area contributed by atoms with Crippen molar-refractivity contribution in [2.75, 3.05) is 23.9 Å². The van der Waals surface area contributed by atoms with E-state index in [0.29, 0.717) is 30.3 Å². The highest BCUT2D eigenvalue weighted by atomic mass is 16.5. The zero-order valence-corrected chi connectivity index (χ0v) is 14.8. The van der Waals surface area contributed by atoms with E-state index in [0.717, 1.165) is 17.3 Å². The Morgan fingerprint density at radius 1 is 1.27 bits per heavy atom. The predicted molar refractivity (Wildman–Crippen MR) is 102 cm³/mol. The van der Waals surface area contributed by atoms with Gasteiger partial charge in [0.2, 0.25) is 5.95 Å². The SMILES string of the molecule is CN1c2nc(Nc3ccc(N=CN)nc3)ncc2OCC1C1CCCC1. The Labute approximate surface area is 152 Å². The molecule has 8 nitrogen and oxygen atoms in total. The number of ether oxygens (including phenoxy) is 1. The molecule has 2 aromatic rings. The molecule has 1 aliphatic heterocycles. The molecule has 0 amide bonds. The van der Waals surface area contributed by atoms with E-state index < -0.39 is 0 Å². The average molecular weight is 353 g/mol. The second-order valence-corrected chi connectivity index (χ2v) is 6.72. The predicted octanol–water partition coefficient (Wildman–Crippen LogP) is 2.62. The van der Waals surface area contributed by atoms with E-state index in [4.69, 9.17) is 10.5 Å². The number of rotatable bonds is 4. The van der Waals surface area contributed by atoms with Gasteiger partial charge >= 0.3 is 0 Å². The van der Waals surface area contributed by atoms with E-state index in [1.54, 1.807) is 18.5 Å². The van der Waals surface area contributed by atoms with Crippen molar-refractivity contribution in [3.05, 3.63) is 24.5 Å². The Balaban J connectivity index is 1.52. The fraction of sp³-hybridized carbons (Fsp3) is 0.444. The number of pyridine rings is 1. The quantitative estimate of drug-likeness (QED) is 0.643. The Kier molecular flexibility index (Phi) is 4.55. The van der Waals surface area contributed by atoms with Crippen LogP contribution in [-0.4, -0.2) is 41.0 Å². The highest BCUT2D eigenvalue weighted by molar-refractivity contribution is 5.61. The lowest BCUT2D eigenvalue weighted by Crippen LogP contribution is -2.45. The molecule has 0 spiro atoms. The Morgan fingerprint density at radius 3 is 2.85 bits per heavy atom. The van der Waals surface area contributed by atoms with Crippen LogP contribution in [0.1, 0.15) is 25.7 Å². The molecule has 2 aliphatic rings. The lowest BCUT2D eigenvalue weighted by Gasteiger charge is -2.38. The summed E-state index contributed by atoms with van der Waals surface area (Å²) in [5.41, 5.74) is 6.06. The summed E-state index contributed by atoms with van der Waals surface area (Å²) in [4.78, 5) is 19.4. The summed E-state index contributed by atoms with van der Waals surface area (Å²) in [5.74, 6) is 3.32. The van der Waals surface area contributed by atoms with Crippen molar-refractivity contribution in [3.8, 4) is 5.75 Å². The molecular formula is C18H23N7O. The molecular weight excluding hydrogens is 330 g/mol. The second-order valence-electron chi connectivity index (χ2n) is 6.72. The number of likely N-dealkylation sites (N-methyl/N-ethyl adjacent to an activating group) is 1. The number of nitrogens with two attached hydrogens (primary N) is 1. The van der Waals surface area contributed by atoms with E-state index in [9.17, 15) is 0 Å². The van der Waals surface area contributed by atoms with Crippen LogP contribution in [0.2, 0.25) is 0 Å². The lowest BCUT2D eigenvalue weighted by atomic mass is 9.97. The Hall–Kier alpha value is -2.90. The highest BCUT2D eigenvalue weighted by Crippen LogP contribution is 2.38. The van der Waals surface area contributed by atoms with Gasteiger partial charge in [-0.1, -0.05) is 12.8 Å². The third kappa shape index (κ3) is 3.26. The number of hydrogen-bond donors (Lipinski definition) is 2. The maximum absolute atomic E-state index is 5.93. The summed E-state index contributed by atoms with van der Waals surface area (Å²) in [6.07, 6.45) is 9.80. The van der Waals surface area contributed by atoms with Crippen LogP contribution in [0.4, 0.5) is 23.3 Å². The van der Waals surface area contributed by atoms with Crippen molar-refractivity contribution < 1.29 is 4.74 Å². The monoisotopic (exact) mass is 353 g/mol. The minimum atomic E-state index is 0.378. The second kappa shape index (κ2) is 7.15. The van der Waals surface area contributed by atoms with Gasteiger partial charge in [0.25, 0.3) is 0 Å². The summed E-state index contributed by atoms with van der Waals surface area (Å²) in [6, 6.07) is 4.01. The minimum Gasteiger partial charge on any atom is -0.486 e. The van der Waals surface area contributed by atoms with Gasteiger partial charge in [0.15, 0.2) is 17.4 Å². The van der Waals surface area contributed by atoms with Crippen LogP contribution in [-0.2, 0) is 0 Å². The van der Waals surface area contributed by atoms with Gasteiger partial charge in [-0.05, 0) is 30.9 Å². The van der Waals surface area contributed by atoms with Crippen molar-refractivity contribution in [3.63, 3.8) is 0 Å². The smallest absolute Gasteiger partial charge is 0.229 e. The number of aliphatic imine (C=N–C) groups is 1. The maximum atomic E-state index is 5.93. The van der Waals surface area contributed by atoms with Gasteiger partial charge in [-0.2, -0.15) is 4.98 Å². The molecule has 0 bridgehead atoms. The van der Waals surface area contributed by atoms with Crippen LogP contribution >= 0.6 is 0 Å². The standard InChI is InChI=1S/C18H23N7O/c1-25-14(12-4-2-3-5-12)10-26-15-9-21-18(24-17(15)25)23-13-6-7-16(20-8-13)22-11-19/h6-9,11-12,14H,2-5,10H2,1H3,(H2,19,20,22)(H,21,23,24). The fourth-order valence-electron chi connectivity index (χ4n) is 3.76. The van der Waals surface area contributed by atoms with Gasteiger partial charge < -0.3 is 20.7 Å². The molecule has 1 atom stereocenters. The van der Waals surface area contributed by atoms with E-state index in [-0.39, 0.29) is 0 Å². The number of nitrogens with one attached hydrogen (secondary N) is 1. The van der Waals surface area contributed by atoms with Gasteiger partial charge in [0.05, 0.1) is 30.5 Å². The van der Waals surface area contributed by atoms with Crippen LogP contribution in [0.5, 0.6) is 5.75 Å². The first-order valence-electron chi connectivity index (χ1n) is 8.94. The number of hydrogen-bond acceptors (Lipinski definition) is 7. The normalized spacial score (nSPS) is 20.2. The molecule has 1 aliphatic carbocycles. The van der Waals surface area contributed by atoms with Crippen LogP contribution in [0.3, 0.4) is 0 Å². The van der Waals surface area contributed by atoms with E-state index >= 15 is 0 Å². The topological polar surface area (TPSA) is 102 Å². The van der Waals surface area contributed by atoms with Crippen LogP contribution in [0, 0.1) is 5.92 Å². The van der Waals surface area contributed by atoms with Crippen LogP contribution in [0.15, 0.2) is 29.5 Å². The van der Waals surface area contributed by atoms with E-state index in [1.807, 2.05) is 6.07 Å². The van der Waals surface area contributed by atoms with Crippen molar-refractivity contribution in [1.29, 1.82) is 0 Å². The highest BCUT2D eigenvalue weighted by Gasteiger charge is 2.34. The molecule has 1 unspecified atom stereocenters. The van der Waals surface area contributed by atoms with Crippen LogP contribution in [0.25, 0.3) is 0 Å². The minimum absolute atomic E-state index is 0.378. The molecule has 0 radical (unpaired) electrons. The van der Waals surface area contributed by atoms with E-state index in [1.165, 1.54) is 32.0 Å². The summed E-state index contributed by atoms with van der Waals surface area (Å²) in [6.45, 7) is 0.706. The first-order chi connectivity index (χ1) is 12.7.